The summed E-state index contributed by atoms with van der Waals surface area (Å²) in [7, 11) is 0. The number of nitrogens with one attached hydrogen (secondary N) is 1. The summed E-state index contributed by atoms with van der Waals surface area (Å²) in [6.45, 7) is 1.98. The van der Waals surface area contributed by atoms with Crippen LogP contribution in [0.4, 0.5) is 0 Å². The lowest BCUT2D eigenvalue weighted by Crippen LogP contribution is -2.29. The Balaban J connectivity index is 2.20. The van der Waals surface area contributed by atoms with Crippen LogP contribution in [0.3, 0.4) is 0 Å². The van der Waals surface area contributed by atoms with E-state index < -0.39 is 0 Å². The summed E-state index contributed by atoms with van der Waals surface area (Å²) in [5.41, 5.74) is 5.04. The number of rotatable bonds is 4. The molecule has 0 bridgehead atoms. The fourth-order valence-corrected chi connectivity index (χ4v) is 3.27. The lowest BCUT2D eigenvalue weighted by atomic mass is 10.0. The number of pyridine rings is 1. The Hall–Kier alpha value is -0.750. The van der Waals surface area contributed by atoms with Crippen LogP contribution in [0, 0.1) is 6.92 Å². The largest absolute Gasteiger partial charge is 0.271 e. The maximum Gasteiger partial charge on any atom is 0.0509 e. The Morgan fingerprint density at radius 2 is 2.35 bits per heavy atom. The standard InChI is InChI=1S/C12H14BrN3S/c1-8-6-9(2-4-15-8)11(16-14)7-12-10(13)3-5-17-12/h2-6,11,16H,7,14H2,1H3. The van der Waals surface area contributed by atoms with Crippen LogP contribution in [0.15, 0.2) is 34.2 Å². The smallest absolute Gasteiger partial charge is 0.0509 e. The number of halogens is 1. The molecule has 5 heteroatoms. The number of aromatic nitrogens is 1. The summed E-state index contributed by atoms with van der Waals surface area (Å²) >= 11 is 5.27. The van der Waals surface area contributed by atoms with Gasteiger partial charge in [0.05, 0.1) is 6.04 Å². The molecule has 0 radical (unpaired) electrons. The van der Waals surface area contributed by atoms with Crippen molar-refractivity contribution in [1.82, 2.24) is 10.4 Å². The molecule has 90 valence electrons. The predicted octanol–water partition coefficient (Wildman–Crippen LogP) is 2.96. The zero-order valence-corrected chi connectivity index (χ0v) is 11.9. The maximum atomic E-state index is 5.64. The van der Waals surface area contributed by atoms with E-state index >= 15 is 0 Å². The van der Waals surface area contributed by atoms with E-state index in [4.69, 9.17) is 5.84 Å². The predicted molar refractivity (Wildman–Crippen MR) is 74.8 cm³/mol. The number of nitrogens with two attached hydrogens (primary N) is 1. The molecule has 0 spiro atoms. The normalized spacial score (nSPS) is 12.6. The van der Waals surface area contributed by atoms with Gasteiger partial charge in [-0.3, -0.25) is 16.3 Å². The number of hydrogen-bond donors (Lipinski definition) is 2. The zero-order valence-electron chi connectivity index (χ0n) is 9.48. The third-order valence-corrected chi connectivity index (χ3v) is 4.55. The van der Waals surface area contributed by atoms with Gasteiger partial charge < -0.3 is 0 Å². The average Bonchev–Trinajstić information content (AvgIpc) is 2.71. The van der Waals surface area contributed by atoms with Crippen LogP contribution in [0.2, 0.25) is 0 Å². The van der Waals surface area contributed by atoms with E-state index in [2.05, 4.69) is 43.9 Å². The monoisotopic (exact) mass is 311 g/mol. The number of nitrogens with zero attached hydrogens (tertiary/aromatic N) is 1. The van der Waals surface area contributed by atoms with Crippen molar-refractivity contribution in [2.75, 3.05) is 0 Å². The molecule has 3 N–H and O–H groups in total. The van der Waals surface area contributed by atoms with Crippen LogP contribution in [-0.4, -0.2) is 4.98 Å². The van der Waals surface area contributed by atoms with Gasteiger partial charge in [-0.2, -0.15) is 0 Å². The van der Waals surface area contributed by atoms with Gasteiger partial charge in [-0.25, -0.2) is 0 Å². The molecule has 2 rings (SSSR count). The maximum absolute atomic E-state index is 5.64. The van der Waals surface area contributed by atoms with E-state index in [1.165, 1.54) is 10.4 Å². The van der Waals surface area contributed by atoms with Crippen molar-refractivity contribution in [3.8, 4) is 0 Å². The number of aryl methyl sites for hydroxylation is 1. The molecule has 2 aromatic heterocycles. The molecule has 0 aliphatic heterocycles. The van der Waals surface area contributed by atoms with Gasteiger partial charge in [-0.15, -0.1) is 11.3 Å². The minimum absolute atomic E-state index is 0.117. The molecule has 0 amide bonds. The first-order valence-electron chi connectivity index (χ1n) is 5.31. The Morgan fingerprint density at radius 1 is 1.53 bits per heavy atom. The molecule has 1 unspecified atom stereocenters. The van der Waals surface area contributed by atoms with Gasteiger partial charge >= 0.3 is 0 Å². The quantitative estimate of drug-likeness (QED) is 0.674. The molecule has 1 atom stereocenters. The molecule has 0 aliphatic carbocycles. The summed E-state index contributed by atoms with van der Waals surface area (Å²) in [6.07, 6.45) is 2.69. The van der Waals surface area contributed by atoms with Crippen LogP contribution in [0.25, 0.3) is 0 Å². The van der Waals surface area contributed by atoms with Gasteiger partial charge in [-0.1, -0.05) is 0 Å². The number of hydrogen-bond acceptors (Lipinski definition) is 4. The Labute approximate surface area is 113 Å². The first kappa shape index (κ1) is 12.7. The van der Waals surface area contributed by atoms with Crippen molar-refractivity contribution in [2.45, 2.75) is 19.4 Å². The van der Waals surface area contributed by atoms with Crippen molar-refractivity contribution in [3.63, 3.8) is 0 Å². The van der Waals surface area contributed by atoms with Crippen molar-refractivity contribution in [2.24, 2.45) is 5.84 Å². The second-order valence-corrected chi connectivity index (χ2v) is 5.70. The van der Waals surface area contributed by atoms with E-state index in [9.17, 15) is 0 Å². The van der Waals surface area contributed by atoms with Crippen LogP contribution in [0.5, 0.6) is 0 Å². The number of hydrazine groups is 1. The third-order valence-electron chi connectivity index (χ3n) is 2.60. The SMILES string of the molecule is Cc1cc(C(Cc2sccc2Br)NN)ccn1. The van der Waals surface area contributed by atoms with Gasteiger partial charge in [-0.05, 0) is 52.0 Å². The summed E-state index contributed by atoms with van der Waals surface area (Å²) in [4.78, 5) is 5.49. The molecule has 0 saturated heterocycles. The first-order chi connectivity index (χ1) is 8.20. The summed E-state index contributed by atoms with van der Waals surface area (Å²) < 4.78 is 1.15. The molecule has 2 heterocycles. The fraction of sp³-hybridized carbons (Fsp3) is 0.250. The molecule has 0 saturated carbocycles. The molecule has 2 aromatic rings. The van der Waals surface area contributed by atoms with Crippen LogP contribution >= 0.6 is 27.3 Å². The number of thiophene rings is 1. The average molecular weight is 312 g/mol. The Kier molecular flexibility index (Phi) is 4.28. The van der Waals surface area contributed by atoms with E-state index in [0.717, 1.165) is 16.6 Å². The fourth-order valence-electron chi connectivity index (χ4n) is 1.71. The second kappa shape index (κ2) is 5.73. The topological polar surface area (TPSA) is 50.9 Å². The first-order valence-corrected chi connectivity index (χ1v) is 6.98. The molecular weight excluding hydrogens is 298 g/mol. The van der Waals surface area contributed by atoms with E-state index in [1.54, 1.807) is 11.3 Å². The molecular formula is C12H14BrN3S. The van der Waals surface area contributed by atoms with Gasteiger partial charge in [0.15, 0.2) is 0 Å². The molecule has 17 heavy (non-hydrogen) atoms. The van der Waals surface area contributed by atoms with Gasteiger partial charge in [0.2, 0.25) is 0 Å². The van der Waals surface area contributed by atoms with Gasteiger partial charge in [0.25, 0.3) is 0 Å². The Bertz CT molecular complexity index is 498. The van der Waals surface area contributed by atoms with Crippen LogP contribution in [0.1, 0.15) is 22.2 Å². The minimum Gasteiger partial charge on any atom is -0.271 e. The van der Waals surface area contributed by atoms with Gasteiger partial charge in [0, 0.05) is 27.7 Å². The van der Waals surface area contributed by atoms with Crippen molar-refractivity contribution in [1.29, 1.82) is 0 Å². The van der Waals surface area contributed by atoms with E-state index in [0.29, 0.717) is 0 Å². The van der Waals surface area contributed by atoms with Crippen molar-refractivity contribution >= 4 is 27.3 Å². The van der Waals surface area contributed by atoms with Crippen LogP contribution < -0.4 is 11.3 Å². The second-order valence-electron chi connectivity index (χ2n) is 3.85. The van der Waals surface area contributed by atoms with Crippen molar-refractivity contribution < 1.29 is 0 Å². The highest BCUT2D eigenvalue weighted by Crippen LogP contribution is 2.27. The highest BCUT2D eigenvalue weighted by atomic mass is 79.9. The highest BCUT2D eigenvalue weighted by molar-refractivity contribution is 9.10. The highest BCUT2D eigenvalue weighted by Gasteiger charge is 2.13. The molecule has 0 aliphatic rings. The lowest BCUT2D eigenvalue weighted by Gasteiger charge is -2.16. The third kappa shape index (κ3) is 3.13. The molecule has 0 fully saturated rings. The zero-order chi connectivity index (χ0) is 12.3. The summed E-state index contributed by atoms with van der Waals surface area (Å²) in [5.74, 6) is 5.64. The molecule has 3 nitrogen and oxygen atoms in total. The summed E-state index contributed by atoms with van der Waals surface area (Å²) in [6, 6.07) is 6.24. The van der Waals surface area contributed by atoms with E-state index in [1.807, 2.05) is 19.2 Å². The Morgan fingerprint density at radius 3 is 2.94 bits per heavy atom. The minimum atomic E-state index is 0.117. The van der Waals surface area contributed by atoms with Gasteiger partial charge in [0.1, 0.15) is 0 Å². The van der Waals surface area contributed by atoms with E-state index in [-0.39, 0.29) is 6.04 Å². The van der Waals surface area contributed by atoms with Crippen LogP contribution in [-0.2, 0) is 6.42 Å². The molecule has 0 aromatic carbocycles. The summed E-state index contributed by atoms with van der Waals surface area (Å²) in [5, 5.41) is 2.07. The van der Waals surface area contributed by atoms with Crippen molar-refractivity contribution in [3.05, 3.63) is 50.4 Å². The lowest BCUT2D eigenvalue weighted by molar-refractivity contribution is 0.554.